The molecule has 0 radical (unpaired) electrons. The Balaban J connectivity index is 2.00. The molecule has 0 amide bonds. The van der Waals surface area contributed by atoms with E-state index in [4.69, 9.17) is 16.2 Å². The smallest absolute Gasteiger partial charge is 0.194 e. The second-order valence-electron chi connectivity index (χ2n) is 3.90. The Kier molecular flexibility index (Phi) is 2.43. The largest absolute Gasteiger partial charge is 0.381 e. The lowest BCUT2D eigenvalue weighted by molar-refractivity contribution is 0.180. The SMILES string of the molecule is NC1=NC(N)(CC2CCOC2)C=CN1. The lowest BCUT2D eigenvalue weighted by atomic mass is 9.94. The van der Waals surface area contributed by atoms with Gasteiger partial charge in [-0.25, -0.2) is 4.99 Å². The van der Waals surface area contributed by atoms with Crippen LogP contribution in [0.15, 0.2) is 17.3 Å². The molecule has 2 rings (SSSR count). The number of hydrogen-bond acceptors (Lipinski definition) is 5. The first-order chi connectivity index (χ1) is 6.68. The summed E-state index contributed by atoms with van der Waals surface area (Å²) in [5.74, 6) is 0.883. The fraction of sp³-hybridized carbons (Fsp3) is 0.667. The summed E-state index contributed by atoms with van der Waals surface area (Å²) < 4.78 is 5.30. The predicted octanol–water partition coefficient (Wildman–Crippen LogP) is -0.500. The second-order valence-corrected chi connectivity index (χ2v) is 3.90. The molecule has 0 saturated carbocycles. The van der Waals surface area contributed by atoms with Gasteiger partial charge >= 0.3 is 0 Å². The highest BCUT2D eigenvalue weighted by atomic mass is 16.5. The molecule has 5 nitrogen and oxygen atoms in total. The highest BCUT2D eigenvalue weighted by Gasteiger charge is 2.29. The summed E-state index contributed by atoms with van der Waals surface area (Å²) in [5.41, 5.74) is 11.0. The van der Waals surface area contributed by atoms with Crippen molar-refractivity contribution in [3.8, 4) is 0 Å². The predicted molar refractivity (Wildman–Crippen MR) is 54.4 cm³/mol. The Morgan fingerprint density at radius 2 is 2.57 bits per heavy atom. The van der Waals surface area contributed by atoms with Crippen LogP contribution in [0, 0.1) is 5.92 Å². The average molecular weight is 196 g/mol. The first-order valence-corrected chi connectivity index (χ1v) is 4.84. The molecule has 5 heteroatoms. The molecule has 2 aliphatic rings. The minimum atomic E-state index is -0.645. The van der Waals surface area contributed by atoms with E-state index in [1.165, 1.54) is 0 Å². The zero-order valence-electron chi connectivity index (χ0n) is 8.07. The number of nitrogens with two attached hydrogens (primary N) is 2. The molecular weight excluding hydrogens is 180 g/mol. The summed E-state index contributed by atoms with van der Waals surface area (Å²) in [5, 5.41) is 2.80. The molecule has 0 aliphatic carbocycles. The molecule has 78 valence electrons. The van der Waals surface area contributed by atoms with E-state index in [1.807, 2.05) is 6.08 Å². The van der Waals surface area contributed by atoms with Crippen LogP contribution < -0.4 is 16.8 Å². The van der Waals surface area contributed by atoms with E-state index < -0.39 is 5.66 Å². The molecule has 2 unspecified atom stereocenters. The maximum Gasteiger partial charge on any atom is 0.194 e. The molecule has 0 aromatic heterocycles. The quantitative estimate of drug-likeness (QED) is 0.555. The van der Waals surface area contributed by atoms with Crippen LogP contribution in [0.2, 0.25) is 0 Å². The monoisotopic (exact) mass is 196 g/mol. The van der Waals surface area contributed by atoms with E-state index in [9.17, 15) is 0 Å². The van der Waals surface area contributed by atoms with Gasteiger partial charge in [0.2, 0.25) is 0 Å². The molecule has 1 saturated heterocycles. The van der Waals surface area contributed by atoms with Crippen molar-refractivity contribution in [2.24, 2.45) is 22.4 Å². The number of hydrogen-bond donors (Lipinski definition) is 3. The molecule has 2 atom stereocenters. The van der Waals surface area contributed by atoms with Gasteiger partial charge in [-0.2, -0.15) is 0 Å². The highest BCUT2D eigenvalue weighted by molar-refractivity contribution is 5.80. The summed E-state index contributed by atoms with van der Waals surface area (Å²) in [6.07, 6.45) is 5.46. The molecule has 0 aromatic carbocycles. The lowest BCUT2D eigenvalue weighted by Gasteiger charge is -2.27. The van der Waals surface area contributed by atoms with Gasteiger partial charge in [-0.15, -0.1) is 0 Å². The Labute approximate surface area is 83.2 Å². The second kappa shape index (κ2) is 3.59. The minimum absolute atomic E-state index is 0.383. The van der Waals surface area contributed by atoms with Crippen LogP contribution in [-0.4, -0.2) is 24.8 Å². The van der Waals surface area contributed by atoms with Crippen molar-refractivity contribution in [3.63, 3.8) is 0 Å². The van der Waals surface area contributed by atoms with E-state index in [2.05, 4.69) is 10.3 Å². The maximum atomic E-state index is 6.08. The van der Waals surface area contributed by atoms with Gasteiger partial charge in [0.1, 0.15) is 5.66 Å². The van der Waals surface area contributed by atoms with E-state index >= 15 is 0 Å². The Morgan fingerprint density at radius 1 is 1.71 bits per heavy atom. The topological polar surface area (TPSA) is 85.7 Å². The summed E-state index contributed by atoms with van der Waals surface area (Å²) >= 11 is 0. The maximum absolute atomic E-state index is 6.08. The van der Waals surface area contributed by atoms with Crippen LogP contribution in [0.3, 0.4) is 0 Å². The zero-order chi connectivity index (χ0) is 10.0. The van der Waals surface area contributed by atoms with Gasteiger partial charge in [0.25, 0.3) is 0 Å². The lowest BCUT2D eigenvalue weighted by Crippen LogP contribution is -2.45. The summed E-state index contributed by atoms with van der Waals surface area (Å²) in [6, 6.07) is 0. The van der Waals surface area contributed by atoms with Crippen molar-refractivity contribution in [2.45, 2.75) is 18.5 Å². The van der Waals surface area contributed by atoms with Crippen molar-refractivity contribution < 1.29 is 4.74 Å². The van der Waals surface area contributed by atoms with Crippen molar-refractivity contribution in [1.82, 2.24) is 5.32 Å². The normalized spacial score (nSPS) is 36.6. The van der Waals surface area contributed by atoms with Crippen LogP contribution in [-0.2, 0) is 4.74 Å². The van der Waals surface area contributed by atoms with E-state index in [0.717, 1.165) is 26.1 Å². The van der Waals surface area contributed by atoms with Crippen molar-refractivity contribution in [1.29, 1.82) is 0 Å². The van der Waals surface area contributed by atoms with Crippen LogP contribution in [0.1, 0.15) is 12.8 Å². The molecule has 0 aromatic rings. The molecule has 1 fully saturated rings. The number of guanidine groups is 1. The van der Waals surface area contributed by atoms with Crippen molar-refractivity contribution in [3.05, 3.63) is 12.3 Å². The van der Waals surface area contributed by atoms with Crippen LogP contribution in [0.25, 0.3) is 0 Å². The molecule has 14 heavy (non-hydrogen) atoms. The Morgan fingerprint density at radius 3 is 3.21 bits per heavy atom. The van der Waals surface area contributed by atoms with Gasteiger partial charge < -0.3 is 21.5 Å². The fourth-order valence-electron chi connectivity index (χ4n) is 1.89. The third-order valence-corrected chi connectivity index (χ3v) is 2.57. The summed E-state index contributed by atoms with van der Waals surface area (Å²) in [7, 11) is 0. The van der Waals surface area contributed by atoms with Gasteiger partial charge in [-0.05, 0) is 24.8 Å². The molecule has 0 spiro atoms. The minimum Gasteiger partial charge on any atom is -0.381 e. The highest BCUT2D eigenvalue weighted by Crippen LogP contribution is 2.25. The van der Waals surface area contributed by atoms with E-state index in [1.54, 1.807) is 6.20 Å². The molecule has 2 heterocycles. The van der Waals surface area contributed by atoms with E-state index in [-0.39, 0.29) is 0 Å². The summed E-state index contributed by atoms with van der Waals surface area (Å²) in [4.78, 5) is 4.20. The van der Waals surface area contributed by atoms with Crippen LogP contribution in [0.4, 0.5) is 0 Å². The third-order valence-electron chi connectivity index (χ3n) is 2.57. The number of rotatable bonds is 2. The zero-order valence-corrected chi connectivity index (χ0v) is 8.07. The average Bonchev–Trinajstić information content (AvgIpc) is 2.55. The molecule has 5 N–H and O–H groups in total. The molecule has 0 bridgehead atoms. The number of nitrogens with one attached hydrogen (secondary N) is 1. The standard InChI is InChI=1S/C9H16N4O/c10-8-12-3-2-9(11,13-8)5-7-1-4-14-6-7/h2-3,7H,1,4-6,11H2,(H3,10,12,13). The number of ether oxygens (including phenoxy) is 1. The first kappa shape index (κ1) is 9.48. The Bertz CT molecular complexity index is 270. The third kappa shape index (κ3) is 2.05. The molecule has 2 aliphatic heterocycles. The van der Waals surface area contributed by atoms with Crippen LogP contribution >= 0.6 is 0 Å². The van der Waals surface area contributed by atoms with Gasteiger partial charge in [-0.1, -0.05) is 0 Å². The van der Waals surface area contributed by atoms with Gasteiger partial charge in [-0.3, -0.25) is 0 Å². The number of nitrogens with zero attached hydrogens (tertiary/aromatic N) is 1. The first-order valence-electron chi connectivity index (χ1n) is 4.84. The van der Waals surface area contributed by atoms with Crippen molar-refractivity contribution >= 4 is 5.96 Å². The van der Waals surface area contributed by atoms with Gasteiger partial charge in [0, 0.05) is 19.4 Å². The fourth-order valence-corrected chi connectivity index (χ4v) is 1.89. The van der Waals surface area contributed by atoms with Crippen molar-refractivity contribution in [2.75, 3.05) is 13.2 Å². The summed E-state index contributed by atoms with van der Waals surface area (Å²) in [6.45, 7) is 1.62. The number of aliphatic imine (C=N–C) groups is 1. The van der Waals surface area contributed by atoms with Crippen LogP contribution in [0.5, 0.6) is 0 Å². The van der Waals surface area contributed by atoms with Gasteiger partial charge in [0.05, 0.1) is 0 Å². The van der Waals surface area contributed by atoms with Gasteiger partial charge in [0.15, 0.2) is 5.96 Å². The molecular formula is C9H16N4O. The van der Waals surface area contributed by atoms with E-state index in [0.29, 0.717) is 11.9 Å². The Hall–Kier alpha value is -1.07.